The van der Waals surface area contributed by atoms with Crippen LogP contribution < -0.4 is 9.47 Å². The van der Waals surface area contributed by atoms with Gasteiger partial charge >= 0.3 is 0 Å². The SMILES string of the molecule is O=C(c1cccc2ccccc12)N1CCCC(C(=O)N2CCCC2c2ccc3c(c2)OCCCO3)C1. The Labute approximate surface area is 211 Å². The number of hydrogen-bond acceptors (Lipinski definition) is 4. The molecule has 2 unspecified atom stereocenters. The Kier molecular flexibility index (Phi) is 6.26. The van der Waals surface area contributed by atoms with Crippen molar-refractivity contribution in [2.75, 3.05) is 32.8 Å². The zero-order chi connectivity index (χ0) is 24.5. The molecular weight excluding hydrogens is 452 g/mol. The summed E-state index contributed by atoms with van der Waals surface area (Å²) in [6.45, 7) is 3.23. The number of ether oxygens (including phenoxy) is 2. The van der Waals surface area contributed by atoms with Gasteiger partial charge in [0.25, 0.3) is 5.91 Å². The molecule has 3 aromatic rings. The minimum absolute atomic E-state index is 0.0187. The molecule has 0 aliphatic carbocycles. The molecule has 2 saturated heterocycles. The third-order valence-electron chi connectivity index (χ3n) is 7.77. The van der Waals surface area contributed by atoms with Gasteiger partial charge in [0.1, 0.15) is 0 Å². The second kappa shape index (κ2) is 9.84. The van der Waals surface area contributed by atoms with Crippen LogP contribution in [0.15, 0.2) is 60.7 Å². The van der Waals surface area contributed by atoms with E-state index in [0.717, 1.165) is 66.5 Å². The summed E-state index contributed by atoms with van der Waals surface area (Å²) in [5.41, 5.74) is 1.82. The van der Waals surface area contributed by atoms with Gasteiger partial charge in [0, 0.05) is 31.6 Å². The summed E-state index contributed by atoms with van der Waals surface area (Å²) >= 11 is 0. The first kappa shape index (κ1) is 22.9. The molecule has 3 aromatic carbocycles. The summed E-state index contributed by atoms with van der Waals surface area (Å²) in [6.07, 6.45) is 4.46. The molecule has 6 rings (SSSR count). The van der Waals surface area contributed by atoms with Crippen LogP contribution in [-0.4, -0.2) is 54.5 Å². The molecule has 36 heavy (non-hydrogen) atoms. The van der Waals surface area contributed by atoms with Gasteiger partial charge in [0.15, 0.2) is 11.5 Å². The maximum absolute atomic E-state index is 13.8. The molecule has 3 aliphatic heterocycles. The predicted molar refractivity (Wildman–Crippen MR) is 138 cm³/mol. The summed E-state index contributed by atoms with van der Waals surface area (Å²) in [4.78, 5) is 31.2. The minimum atomic E-state index is -0.168. The Bertz CT molecular complexity index is 1280. The molecule has 2 fully saturated rings. The van der Waals surface area contributed by atoms with E-state index in [1.807, 2.05) is 64.4 Å². The second-order valence-electron chi connectivity index (χ2n) is 10.1. The second-order valence-corrected chi connectivity index (χ2v) is 10.1. The van der Waals surface area contributed by atoms with Crippen LogP contribution in [0.25, 0.3) is 10.8 Å². The molecule has 2 amide bonds. The van der Waals surface area contributed by atoms with Crippen molar-refractivity contribution >= 4 is 22.6 Å². The number of carbonyl (C=O) groups is 2. The highest BCUT2D eigenvalue weighted by Gasteiger charge is 2.37. The lowest BCUT2D eigenvalue weighted by Gasteiger charge is -2.36. The van der Waals surface area contributed by atoms with Crippen molar-refractivity contribution in [3.63, 3.8) is 0 Å². The van der Waals surface area contributed by atoms with Gasteiger partial charge < -0.3 is 19.3 Å². The van der Waals surface area contributed by atoms with Crippen LogP contribution in [0.3, 0.4) is 0 Å². The third-order valence-corrected chi connectivity index (χ3v) is 7.77. The van der Waals surface area contributed by atoms with Gasteiger partial charge in [-0.25, -0.2) is 0 Å². The first-order valence-electron chi connectivity index (χ1n) is 13.2. The summed E-state index contributed by atoms with van der Waals surface area (Å²) in [5.74, 6) is 1.57. The number of rotatable bonds is 3. The van der Waals surface area contributed by atoms with E-state index in [0.29, 0.717) is 31.9 Å². The standard InChI is InChI=1S/C30H32N2O4/c33-29(32-16-5-12-26(32)22-13-14-27-28(19-22)36-18-6-17-35-27)23-9-4-15-31(20-23)30(34)25-11-3-8-21-7-1-2-10-24(21)25/h1-3,7-8,10-11,13-14,19,23,26H,4-6,9,12,15-18,20H2. The Hall–Kier alpha value is -3.54. The highest BCUT2D eigenvalue weighted by Crippen LogP contribution is 2.39. The van der Waals surface area contributed by atoms with E-state index in [-0.39, 0.29) is 23.8 Å². The van der Waals surface area contributed by atoms with E-state index in [4.69, 9.17) is 9.47 Å². The van der Waals surface area contributed by atoms with Gasteiger partial charge in [0.2, 0.25) is 5.91 Å². The molecule has 0 radical (unpaired) electrons. The number of hydrogen-bond donors (Lipinski definition) is 0. The van der Waals surface area contributed by atoms with Crippen molar-refractivity contribution in [1.29, 1.82) is 0 Å². The van der Waals surface area contributed by atoms with E-state index in [1.165, 1.54) is 0 Å². The molecule has 0 bridgehead atoms. The number of nitrogens with zero attached hydrogens (tertiary/aromatic N) is 2. The first-order chi connectivity index (χ1) is 17.7. The predicted octanol–water partition coefficient (Wildman–Crippen LogP) is 5.22. The maximum atomic E-state index is 13.8. The van der Waals surface area contributed by atoms with Gasteiger partial charge in [-0.15, -0.1) is 0 Å². The van der Waals surface area contributed by atoms with Crippen molar-refractivity contribution in [1.82, 2.24) is 9.80 Å². The average molecular weight is 485 g/mol. The molecule has 6 nitrogen and oxygen atoms in total. The van der Waals surface area contributed by atoms with Gasteiger partial charge in [-0.2, -0.15) is 0 Å². The Morgan fingerprint density at radius 2 is 1.61 bits per heavy atom. The molecule has 0 N–H and O–H groups in total. The Morgan fingerprint density at radius 3 is 2.53 bits per heavy atom. The number of piperidine rings is 1. The van der Waals surface area contributed by atoms with E-state index in [2.05, 4.69) is 6.07 Å². The average Bonchev–Trinajstić information content (AvgIpc) is 3.30. The normalized spacial score (nSPS) is 21.9. The topological polar surface area (TPSA) is 59.1 Å². The molecule has 3 heterocycles. The third kappa shape index (κ3) is 4.29. The van der Waals surface area contributed by atoms with E-state index in [1.54, 1.807) is 0 Å². The van der Waals surface area contributed by atoms with Crippen LogP contribution in [0, 0.1) is 5.92 Å². The fourth-order valence-electron chi connectivity index (χ4n) is 5.94. The van der Waals surface area contributed by atoms with Crippen LogP contribution in [0.5, 0.6) is 11.5 Å². The van der Waals surface area contributed by atoms with E-state index < -0.39 is 0 Å². The highest BCUT2D eigenvalue weighted by molar-refractivity contribution is 6.07. The minimum Gasteiger partial charge on any atom is -0.490 e. The zero-order valence-electron chi connectivity index (χ0n) is 20.5. The van der Waals surface area contributed by atoms with Crippen LogP contribution in [0.2, 0.25) is 0 Å². The van der Waals surface area contributed by atoms with Gasteiger partial charge in [-0.05, 0) is 60.2 Å². The van der Waals surface area contributed by atoms with E-state index in [9.17, 15) is 9.59 Å². The number of carbonyl (C=O) groups excluding carboxylic acids is 2. The summed E-state index contributed by atoms with van der Waals surface area (Å²) in [7, 11) is 0. The lowest BCUT2D eigenvalue weighted by molar-refractivity contribution is -0.138. The molecular formula is C30H32N2O4. The monoisotopic (exact) mass is 484 g/mol. The maximum Gasteiger partial charge on any atom is 0.254 e. The summed E-state index contributed by atoms with van der Waals surface area (Å²) < 4.78 is 11.7. The fraction of sp³-hybridized carbons (Fsp3) is 0.400. The molecule has 0 saturated carbocycles. The van der Waals surface area contributed by atoms with Gasteiger partial charge in [0.05, 0.1) is 25.2 Å². The van der Waals surface area contributed by atoms with Gasteiger partial charge in [-0.1, -0.05) is 42.5 Å². The molecule has 0 aromatic heterocycles. The van der Waals surface area contributed by atoms with Crippen LogP contribution in [0.4, 0.5) is 0 Å². The smallest absolute Gasteiger partial charge is 0.254 e. The van der Waals surface area contributed by atoms with Crippen molar-refractivity contribution in [2.24, 2.45) is 5.92 Å². The van der Waals surface area contributed by atoms with Crippen molar-refractivity contribution in [3.05, 3.63) is 71.8 Å². The number of benzene rings is 3. The Morgan fingerprint density at radius 1 is 0.806 bits per heavy atom. The molecule has 0 spiro atoms. The quantitative estimate of drug-likeness (QED) is 0.512. The fourth-order valence-corrected chi connectivity index (χ4v) is 5.94. The largest absolute Gasteiger partial charge is 0.490 e. The summed E-state index contributed by atoms with van der Waals surface area (Å²) in [5, 5.41) is 2.02. The van der Waals surface area contributed by atoms with Crippen LogP contribution in [-0.2, 0) is 4.79 Å². The number of fused-ring (bicyclic) bond motifs is 2. The molecule has 186 valence electrons. The highest BCUT2D eigenvalue weighted by atomic mass is 16.5. The van der Waals surface area contributed by atoms with Crippen LogP contribution >= 0.6 is 0 Å². The van der Waals surface area contributed by atoms with Crippen molar-refractivity contribution < 1.29 is 19.1 Å². The lowest BCUT2D eigenvalue weighted by Crippen LogP contribution is -2.46. The lowest BCUT2D eigenvalue weighted by atomic mass is 9.94. The first-order valence-corrected chi connectivity index (χ1v) is 13.2. The summed E-state index contributed by atoms with van der Waals surface area (Å²) in [6, 6.07) is 20.0. The number of amides is 2. The zero-order valence-corrected chi connectivity index (χ0v) is 20.5. The van der Waals surface area contributed by atoms with Crippen molar-refractivity contribution in [3.8, 4) is 11.5 Å². The number of likely N-dealkylation sites (tertiary alicyclic amines) is 2. The van der Waals surface area contributed by atoms with E-state index >= 15 is 0 Å². The van der Waals surface area contributed by atoms with Crippen molar-refractivity contribution in [2.45, 2.75) is 38.1 Å². The Balaban J connectivity index is 1.19. The molecule has 3 aliphatic rings. The molecule has 2 atom stereocenters. The van der Waals surface area contributed by atoms with Gasteiger partial charge in [-0.3, -0.25) is 9.59 Å². The van der Waals surface area contributed by atoms with Crippen LogP contribution in [0.1, 0.15) is 54.1 Å². The molecule has 6 heteroatoms.